The van der Waals surface area contributed by atoms with Crippen LogP contribution in [0.2, 0.25) is 0 Å². The predicted molar refractivity (Wildman–Crippen MR) is 42.3 cm³/mol. The maximum Gasteiger partial charge on any atom is 0.0610 e. The Morgan fingerprint density at radius 1 is 1.00 bits per heavy atom. The Hall–Kier alpha value is 0.390. The average Bonchev–Trinajstić information content (AvgIpc) is 2.13. The van der Waals surface area contributed by atoms with Crippen LogP contribution in [0.4, 0.5) is 0 Å². The fraction of sp³-hybridized carbons (Fsp3) is 1.00. The van der Waals surface area contributed by atoms with Crippen LogP contribution in [0.3, 0.4) is 0 Å². The van der Waals surface area contributed by atoms with Crippen LogP contribution in [-0.4, -0.2) is 6.10 Å². The molecular weight excluding hydrogens is 131 g/mol. The van der Waals surface area contributed by atoms with Gasteiger partial charge in [0.15, 0.2) is 0 Å². The summed E-state index contributed by atoms with van der Waals surface area (Å²) >= 11 is 0. The predicted octanol–water partition coefficient (Wildman–Crippen LogP) is 2.52. The summed E-state index contributed by atoms with van der Waals surface area (Å²) in [5, 5.41) is 0. The molecule has 1 saturated carbocycles. The molecule has 1 fully saturated rings. The minimum Gasteiger partial charge on any atom is -0.362 e. The van der Waals surface area contributed by atoms with Crippen LogP contribution in [0.5, 0.6) is 0 Å². The summed E-state index contributed by atoms with van der Waals surface area (Å²) in [5.41, 5.74) is 0. The molecule has 0 aromatic carbocycles. The molecule has 2 heteroatoms. The van der Waals surface area contributed by atoms with Gasteiger partial charge in [-0.25, -0.2) is 0 Å². The average molecular weight is 146 g/mol. The molecule has 1 aliphatic carbocycles. The molecule has 0 aromatic rings. The number of rotatable bonds is 1. The van der Waals surface area contributed by atoms with Gasteiger partial charge in [-0.05, 0) is 12.8 Å². The Labute approximate surface area is 59.5 Å². The van der Waals surface area contributed by atoms with E-state index in [4.69, 9.17) is 4.52 Å². The van der Waals surface area contributed by atoms with Gasteiger partial charge in [0.1, 0.15) is 0 Å². The lowest BCUT2D eigenvalue weighted by atomic mass is 10.2. The van der Waals surface area contributed by atoms with Crippen molar-refractivity contribution in [3.8, 4) is 0 Å². The van der Waals surface area contributed by atoms with Crippen molar-refractivity contribution in [3.63, 3.8) is 0 Å². The largest absolute Gasteiger partial charge is 0.362 e. The van der Waals surface area contributed by atoms with Gasteiger partial charge in [0, 0.05) is 9.47 Å². The van der Waals surface area contributed by atoms with E-state index in [0.717, 1.165) is 0 Å². The highest BCUT2D eigenvalue weighted by Crippen LogP contribution is 2.20. The van der Waals surface area contributed by atoms with Crippen LogP contribution in [0, 0.1) is 0 Å². The zero-order chi connectivity index (χ0) is 6.53. The first-order valence-corrected chi connectivity index (χ1v) is 4.26. The van der Waals surface area contributed by atoms with Crippen LogP contribution < -0.4 is 0 Å². The minimum absolute atomic E-state index is 0.539. The summed E-state index contributed by atoms with van der Waals surface area (Å²) < 4.78 is 5.19. The molecule has 1 unspecified atom stereocenters. The van der Waals surface area contributed by atoms with Crippen molar-refractivity contribution in [1.29, 1.82) is 0 Å². The van der Waals surface area contributed by atoms with Crippen molar-refractivity contribution in [3.05, 3.63) is 0 Å². The highest BCUT2D eigenvalue weighted by atomic mass is 31.0. The lowest BCUT2D eigenvalue weighted by Crippen LogP contribution is -2.04. The Bertz CT molecular complexity index is 67.3. The molecule has 1 rings (SSSR count). The third kappa shape index (κ3) is 2.64. The summed E-state index contributed by atoms with van der Waals surface area (Å²) in [6, 6.07) is 0. The second-order valence-electron chi connectivity index (χ2n) is 2.75. The Morgan fingerprint density at radius 2 is 1.56 bits per heavy atom. The monoisotopic (exact) mass is 146 g/mol. The van der Waals surface area contributed by atoms with Gasteiger partial charge in [0.25, 0.3) is 0 Å². The van der Waals surface area contributed by atoms with E-state index in [-0.39, 0.29) is 0 Å². The highest BCUT2D eigenvalue weighted by molar-refractivity contribution is 7.09. The Kier molecular flexibility index (Phi) is 3.54. The molecule has 0 amide bonds. The molecule has 0 aliphatic heterocycles. The second-order valence-corrected chi connectivity index (χ2v) is 3.02. The van der Waals surface area contributed by atoms with Crippen LogP contribution in [-0.2, 0) is 4.52 Å². The van der Waals surface area contributed by atoms with Gasteiger partial charge < -0.3 is 4.52 Å². The second kappa shape index (κ2) is 4.24. The Balaban J connectivity index is 2.18. The normalized spacial score (nSPS) is 23.7. The lowest BCUT2D eigenvalue weighted by Gasteiger charge is -2.09. The van der Waals surface area contributed by atoms with Crippen molar-refractivity contribution in [2.24, 2.45) is 0 Å². The summed E-state index contributed by atoms with van der Waals surface area (Å²) in [4.78, 5) is 0. The van der Waals surface area contributed by atoms with Crippen LogP contribution in [0.15, 0.2) is 0 Å². The van der Waals surface area contributed by atoms with E-state index in [1.807, 2.05) is 0 Å². The zero-order valence-corrected chi connectivity index (χ0v) is 6.96. The minimum atomic E-state index is 0.539. The zero-order valence-electron chi connectivity index (χ0n) is 5.81. The third-order valence-corrected chi connectivity index (χ3v) is 2.38. The van der Waals surface area contributed by atoms with Gasteiger partial charge in [-0.3, -0.25) is 0 Å². The Morgan fingerprint density at radius 3 is 2.00 bits per heavy atom. The SMILES string of the molecule is POC1CCCCCC1. The standard InChI is InChI=1S/C7H15OP/c9-8-7-5-3-1-2-4-6-7/h7H,1-6,9H2. The molecule has 0 saturated heterocycles. The van der Waals surface area contributed by atoms with Crippen molar-refractivity contribution in [2.45, 2.75) is 44.6 Å². The fourth-order valence-corrected chi connectivity index (χ4v) is 1.65. The lowest BCUT2D eigenvalue weighted by molar-refractivity contribution is 0.218. The maximum atomic E-state index is 5.19. The van der Waals surface area contributed by atoms with Gasteiger partial charge >= 0.3 is 0 Å². The summed E-state index contributed by atoms with van der Waals surface area (Å²) in [7, 11) is 2.37. The summed E-state index contributed by atoms with van der Waals surface area (Å²) in [5.74, 6) is 0. The van der Waals surface area contributed by atoms with Gasteiger partial charge in [0.05, 0.1) is 6.10 Å². The summed E-state index contributed by atoms with van der Waals surface area (Å²) in [6.45, 7) is 0. The first kappa shape index (κ1) is 7.50. The van der Waals surface area contributed by atoms with Crippen molar-refractivity contribution < 1.29 is 4.52 Å². The summed E-state index contributed by atoms with van der Waals surface area (Å²) in [6.07, 6.45) is 8.61. The van der Waals surface area contributed by atoms with Crippen LogP contribution >= 0.6 is 9.47 Å². The van der Waals surface area contributed by atoms with E-state index < -0.39 is 0 Å². The third-order valence-electron chi connectivity index (χ3n) is 1.99. The highest BCUT2D eigenvalue weighted by Gasteiger charge is 2.09. The van der Waals surface area contributed by atoms with Gasteiger partial charge in [-0.15, -0.1) is 0 Å². The molecule has 1 nitrogen and oxygen atoms in total. The molecule has 0 bridgehead atoms. The smallest absolute Gasteiger partial charge is 0.0610 e. The van der Waals surface area contributed by atoms with Gasteiger partial charge in [-0.2, -0.15) is 0 Å². The molecule has 0 spiro atoms. The maximum absolute atomic E-state index is 5.19. The topological polar surface area (TPSA) is 9.23 Å². The molecule has 0 heterocycles. The molecular formula is C7H15OP. The molecule has 0 N–H and O–H groups in total. The number of hydrogen-bond acceptors (Lipinski definition) is 1. The molecule has 1 atom stereocenters. The van der Waals surface area contributed by atoms with Crippen molar-refractivity contribution in [2.75, 3.05) is 0 Å². The molecule has 9 heavy (non-hydrogen) atoms. The van der Waals surface area contributed by atoms with Gasteiger partial charge in [-0.1, -0.05) is 25.7 Å². The quantitative estimate of drug-likeness (QED) is 0.408. The van der Waals surface area contributed by atoms with E-state index in [0.29, 0.717) is 6.10 Å². The van der Waals surface area contributed by atoms with Crippen molar-refractivity contribution >= 4 is 9.47 Å². The van der Waals surface area contributed by atoms with E-state index in [1.165, 1.54) is 38.5 Å². The first-order valence-electron chi connectivity index (χ1n) is 3.79. The van der Waals surface area contributed by atoms with E-state index in [9.17, 15) is 0 Å². The fourth-order valence-electron chi connectivity index (χ4n) is 1.38. The van der Waals surface area contributed by atoms with E-state index in [1.54, 1.807) is 0 Å². The number of hydrogen-bond donors (Lipinski definition) is 0. The first-order chi connectivity index (χ1) is 4.43. The molecule has 54 valence electrons. The molecule has 0 aromatic heterocycles. The van der Waals surface area contributed by atoms with E-state index >= 15 is 0 Å². The van der Waals surface area contributed by atoms with Crippen LogP contribution in [0.1, 0.15) is 38.5 Å². The molecule has 0 radical (unpaired) electrons. The van der Waals surface area contributed by atoms with Crippen molar-refractivity contribution in [1.82, 2.24) is 0 Å². The molecule has 1 aliphatic rings. The van der Waals surface area contributed by atoms with Gasteiger partial charge in [0.2, 0.25) is 0 Å². The van der Waals surface area contributed by atoms with E-state index in [2.05, 4.69) is 9.47 Å². The van der Waals surface area contributed by atoms with Crippen LogP contribution in [0.25, 0.3) is 0 Å².